The van der Waals surface area contributed by atoms with E-state index in [4.69, 9.17) is 4.74 Å². The fraction of sp³-hybridized carbons (Fsp3) is 0.333. The van der Waals surface area contributed by atoms with Crippen molar-refractivity contribution in [3.05, 3.63) is 46.4 Å². The highest BCUT2D eigenvalue weighted by Gasteiger charge is 2.42. The number of rotatable bonds is 3. The molecule has 1 fully saturated rings. The molecule has 21 heavy (non-hydrogen) atoms. The standard InChI is InChI=1S/C15H16N2O3S/c1-9-11-13(18)16-8-17-14(11)21-12(9)15(19)20-7-10-5-3-2-4-6-10/h2-6,11,14,17H,7-8H2,1H3,(H,16,18). The molecule has 2 N–H and O–H groups in total. The summed E-state index contributed by atoms with van der Waals surface area (Å²) in [5.41, 5.74) is 1.73. The third kappa shape index (κ3) is 2.82. The number of amides is 1. The van der Waals surface area contributed by atoms with Gasteiger partial charge in [0.2, 0.25) is 5.91 Å². The highest BCUT2D eigenvalue weighted by atomic mass is 32.2. The molecule has 110 valence electrons. The highest BCUT2D eigenvalue weighted by Crippen LogP contribution is 2.42. The van der Waals surface area contributed by atoms with Crippen LogP contribution < -0.4 is 10.6 Å². The van der Waals surface area contributed by atoms with Crippen molar-refractivity contribution >= 4 is 23.6 Å². The Morgan fingerprint density at radius 1 is 1.38 bits per heavy atom. The van der Waals surface area contributed by atoms with E-state index >= 15 is 0 Å². The van der Waals surface area contributed by atoms with Crippen molar-refractivity contribution in [3.63, 3.8) is 0 Å². The quantitative estimate of drug-likeness (QED) is 0.826. The summed E-state index contributed by atoms with van der Waals surface area (Å²) >= 11 is 1.38. The average Bonchev–Trinajstić information content (AvgIpc) is 2.84. The van der Waals surface area contributed by atoms with Crippen LogP contribution in [0.3, 0.4) is 0 Å². The van der Waals surface area contributed by atoms with Crippen LogP contribution in [0.15, 0.2) is 40.8 Å². The third-order valence-electron chi connectivity index (χ3n) is 3.62. The molecule has 2 aliphatic heterocycles. The first-order valence-electron chi connectivity index (χ1n) is 6.76. The Hall–Kier alpha value is -1.79. The number of thioether (sulfide) groups is 1. The smallest absolute Gasteiger partial charge is 0.344 e. The zero-order chi connectivity index (χ0) is 14.8. The van der Waals surface area contributed by atoms with Crippen molar-refractivity contribution in [1.82, 2.24) is 10.6 Å². The van der Waals surface area contributed by atoms with Crippen LogP contribution >= 0.6 is 11.8 Å². The molecule has 0 bridgehead atoms. The lowest BCUT2D eigenvalue weighted by molar-refractivity contribution is -0.139. The first kappa shape index (κ1) is 14.2. The van der Waals surface area contributed by atoms with Crippen molar-refractivity contribution in [1.29, 1.82) is 0 Å². The van der Waals surface area contributed by atoms with Gasteiger partial charge in [0.15, 0.2) is 0 Å². The Morgan fingerprint density at radius 2 is 2.14 bits per heavy atom. The fourth-order valence-corrected chi connectivity index (χ4v) is 3.85. The molecule has 1 aromatic rings. The minimum absolute atomic E-state index is 0.0328. The number of fused-ring (bicyclic) bond motifs is 1. The molecule has 1 amide bonds. The Kier molecular flexibility index (Phi) is 3.98. The summed E-state index contributed by atoms with van der Waals surface area (Å²) in [5.74, 6) is -0.678. The monoisotopic (exact) mass is 304 g/mol. The number of ether oxygens (including phenoxy) is 1. The molecule has 0 aromatic heterocycles. The summed E-state index contributed by atoms with van der Waals surface area (Å²) in [6.07, 6.45) is 0. The molecule has 0 radical (unpaired) electrons. The van der Waals surface area contributed by atoms with Gasteiger partial charge in [-0.25, -0.2) is 4.79 Å². The second-order valence-electron chi connectivity index (χ2n) is 5.01. The van der Waals surface area contributed by atoms with Gasteiger partial charge in [-0.2, -0.15) is 0 Å². The van der Waals surface area contributed by atoms with Gasteiger partial charge in [-0.05, 0) is 18.1 Å². The van der Waals surface area contributed by atoms with Gasteiger partial charge in [0.25, 0.3) is 0 Å². The number of nitrogens with one attached hydrogen (secondary N) is 2. The topological polar surface area (TPSA) is 67.4 Å². The Labute approximate surface area is 127 Å². The van der Waals surface area contributed by atoms with Crippen molar-refractivity contribution in [3.8, 4) is 0 Å². The molecule has 2 heterocycles. The molecule has 3 rings (SSSR count). The first-order chi connectivity index (χ1) is 10.2. The van der Waals surface area contributed by atoms with Gasteiger partial charge in [-0.15, -0.1) is 0 Å². The molecule has 2 atom stereocenters. The van der Waals surface area contributed by atoms with Crippen LogP contribution in [-0.4, -0.2) is 23.9 Å². The first-order valence-corrected chi connectivity index (χ1v) is 7.64. The zero-order valence-corrected chi connectivity index (χ0v) is 12.4. The lowest BCUT2D eigenvalue weighted by atomic mass is 9.98. The predicted octanol–water partition coefficient (Wildman–Crippen LogP) is 1.37. The van der Waals surface area contributed by atoms with Crippen molar-refractivity contribution in [2.75, 3.05) is 6.67 Å². The van der Waals surface area contributed by atoms with Crippen molar-refractivity contribution < 1.29 is 14.3 Å². The van der Waals surface area contributed by atoms with E-state index in [1.54, 1.807) is 0 Å². The van der Waals surface area contributed by atoms with Gasteiger partial charge in [-0.1, -0.05) is 42.1 Å². The Balaban J connectivity index is 1.68. The van der Waals surface area contributed by atoms with Gasteiger partial charge < -0.3 is 10.1 Å². The summed E-state index contributed by atoms with van der Waals surface area (Å²) in [6.45, 7) is 2.50. The minimum Gasteiger partial charge on any atom is -0.457 e. The number of benzene rings is 1. The number of hydrogen-bond donors (Lipinski definition) is 2. The normalized spacial score (nSPS) is 24.5. The van der Waals surface area contributed by atoms with Crippen LogP contribution in [0.1, 0.15) is 12.5 Å². The summed E-state index contributed by atoms with van der Waals surface area (Å²) < 4.78 is 5.35. The zero-order valence-electron chi connectivity index (χ0n) is 11.6. The third-order valence-corrected chi connectivity index (χ3v) is 5.04. The maximum absolute atomic E-state index is 12.2. The lowest BCUT2D eigenvalue weighted by Crippen LogP contribution is -2.52. The van der Waals surface area contributed by atoms with Crippen LogP contribution in [-0.2, 0) is 20.9 Å². The largest absolute Gasteiger partial charge is 0.457 e. The predicted molar refractivity (Wildman–Crippen MR) is 80.0 cm³/mol. The summed E-state index contributed by atoms with van der Waals surface area (Å²) in [5, 5.41) is 5.86. The van der Waals surface area contributed by atoms with Crippen LogP contribution in [0.2, 0.25) is 0 Å². The molecule has 6 heteroatoms. The maximum atomic E-state index is 12.2. The van der Waals surface area contributed by atoms with E-state index in [9.17, 15) is 9.59 Å². The second-order valence-corrected chi connectivity index (χ2v) is 6.16. The highest BCUT2D eigenvalue weighted by molar-refractivity contribution is 8.04. The van der Waals surface area contributed by atoms with Crippen molar-refractivity contribution in [2.45, 2.75) is 18.9 Å². The number of hydrogen-bond acceptors (Lipinski definition) is 5. The van der Waals surface area contributed by atoms with Crippen molar-refractivity contribution in [2.24, 2.45) is 5.92 Å². The van der Waals surface area contributed by atoms with E-state index in [0.717, 1.165) is 11.1 Å². The Bertz CT molecular complexity index is 600. The van der Waals surface area contributed by atoms with Crippen LogP contribution in [0, 0.1) is 5.92 Å². The molecule has 5 nitrogen and oxygen atoms in total. The summed E-state index contributed by atoms with van der Waals surface area (Å²) in [4.78, 5) is 24.6. The maximum Gasteiger partial charge on any atom is 0.344 e. The van der Waals surface area contributed by atoms with Gasteiger partial charge in [0.05, 0.1) is 22.9 Å². The van der Waals surface area contributed by atoms with E-state index in [1.165, 1.54) is 11.8 Å². The van der Waals surface area contributed by atoms with Gasteiger partial charge in [0.1, 0.15) is 6.61 Å². The SMILES string of the molecule is CC1=C(C(=O)OCc2ccccc2)SC2NCNC(=O)C12. The molecular weight excluding hydrogens is 288 g/mol. The van der Waals surface area contributed by atoms with E-state index in [2.05, 4.69) is 10.6 Å². The molecule has 2 aliphatic rings. The van der Waals surface area contributed by atoms with Gasteiger partial charge in [-0.3, -0.25) is 10.1 Å². The molecular formula is C15H16N2O3S. The molecule has 1 saturated heterocycles. The van der Waals surface area contributed by atoms with E-state index in [-0.39, 0.29) is 29.8 Å². The lowest BCUT2D eigenvalue weighted by Gasteiger charge is -2.26. The second kappa shape index (κ2) is 5.91. The fourth-order valence-electron chi connectivity index (χ4n) is 2.50. The number of esters is 1. The summed E-state index contributed by atoms with van der Waals surface area (Å²) in [6, 6.07) is 9.54. The molecule has 0 spiro atoms. The van der Waals surface area contributed by atoms with E-state index < -0.39 is 0 Å². The van der Waals surface area contributed by atoms with Crippen LogP contribution in [0.5, 0.6) is 0 Å². The molecule has 1 aromatic carbocycles. The number of carbonyl (C=O) groups is 2. The number of carbonyl (C=O) groups excluding carboxylic acids is 2. The van der Waals surface area contributed by atoms with Gasteiger partial charge >= 0.3 is 5.97 Å². The summed E-state index contributed by atoms with van der Waals surface area (Å²) in [7, 11) is 0. The molecule has 0 saturated carbocycles. The van der Waals surface area contributed by atoms with Gasteiger partial charge in [0, 0.05) is 0 Å². The van der Waals surface area contributed by atoms with E-state index in [0.29, 0.717) is 11.6 Å². The average molecular weight is 304 g/mol. The molecule has 0 aliphatic carbocycles. The van der Waals surface area contributed by atoms with E-state index in [1.807, 2.05) is 37.3 Å². The Morgan fingerprint density at radius 3 is 2.86 bits per heavy atom. The molecule has 2 unspecified atom stereocenters. The minimum atomic E-state index is -0.356. The van der Waals surface area contributed by atoms with Crippen LogP contribution in [0.4, 0.5) is 0 Å². The van der Waals surface area contributed by atoms with Crippen LogP contribution in [0.25, 0.3) is 0 Å².